The number of hydrogen-bond acceptors (Lipinski definition) is 5. The van der Waals surface area contributed by atoms with E-state index in [-0.39, 0.29) is 18.2 Å². The van der Waals surface area contributed by atoms with Crippen molar-refractivity contribution in [2.45, 2.75) is 46.3 Å². The molecule has 0 unspecified atom stereocenters. The first-order chi connectivity index (χ1) is 9.15. The fraction of sp³-hybridized carbons (Fsp3) is 0.571. The molecule has 1 atom stereocenters. The van der Waals surface area contributed by atoms with Crippen LogP contribution in [-0.2, 0) is 4.74 Å². The minimum Gasteiger partial charge on any atom is -0.474 e. The zero-order chi connectivity index (χ0) is 15.3. The van der Waals surface area contributed by atoms with E-state index in [4.69, 9.17) is 15.2 Å². The molecule has 0 bridgehead atoms. The van der Waals surface area contributed by atoms with Crippen LogP contribution >= 0.6 is 0 Å². The molecule has 0 spiro atoms. The molecule has 0 saturated carbocycles. The summed E-state index contributed by atoms with van der Waals surface area (Å²) in [5, 5.41) is 2.71. The average Bonchev–Trinajstić information content (AvgIpc) is 2.22. The Labute approximate surface area is 119 Å². The van der Waals surface area contributed by atoms with Gasteiger partial charge in [0, 0.05) is 23.0 Å². The number of aryl methyl sites for hydroxylation is 1. The van der Waals surface area contributed by atoms with Crippen molar-refractivity contribution in [3.05, 3.63) is 17.8 Å². The lowest BCUT2D eigenvalue weighted by molar-refractivity contribution is 0.0693. The summed E-state index contributed by atoms with van der Waals surface area (Å²) >= 11 is 0. The van der Waals surface area contributed by atoms with Gasteiger partial charge in [-0.15, -0.1) is 0 Å². The third kappa shape index (κ3) is 6.26. The van der Waals surface area contributed by atoms with Gasteiger partial charge in [-0.1, -0.05) is 0 Å². The third-order valence-electron chi connectivity index (χ3n) is 2.20. The Hall–Kier alpha value is -1.98. The number of anilines is 1. The quantitative estimate of drug-likeness (QED) is 0.884. The van der Waals surface area contributed by atoms with E-state index in [0.29, 0.717) is 11.6 Å². The molecule has 112 valence electrons. The van der Waals surface area contributed by atoms with Crippen molar-refractivity contribution in [2.75, 3.05) is 12.3 Å². The van der Waals surface area contributed by atoms with Gasteiger partial charge in [-0.3, -0.25) is 0 Å². The molecule has 0 aliphatic carbocycles. The van der Waals surface area contributed by atoms with E-state index in [1.807, 2.05) is 27.7 Å². The number of aromatic nitrogens is 1. The molecular formula is C14H23N3O3. The Kier molecular flexibility index (Phi) is 5.19. The van der Waals surface area contributed by atoms with Gasteiger partial charge in [-0.05, 0) is 40.7 Å². The van der Waals surface area contributed by atoms with E-state index in [2.05, 4.69) is 10.3 Å². The van der Waals surface area contributed by atoms with Gasteiger partial charge in [0.05, 0.1) is 0 Å². The van der Waals surface area contributed by atoms with Gasteiger partial charge in [0.2, 0.25) is 5.88 Å². The molecule has 0 saturated heterocycles. The highest BCUT2D eigenvalue weighted by Crippen LogP contribution is 2.14. The highest BCUT2D eigenvalue weighted by Gasteiger charge is 2.17. The Morgan fingerprint density at radius 3 is 2.65 bits per heavy atom. The summed E-state index contributed by atoms with van der Waals surface area (Å²) in [5.41, 5.74) is 6.74. The molecule has 1 aromatic heterocycles. The number of nitrogens with two attached hydrogens (primary N) is 1. The summed E-state index contributed by atoms with van der Waals surface area (Å²) in [6.07, 6.45) is -0.855. The van der Waals surface area contributed by atoms with Crippen molar-refractivity contribution < 1.29 is 14.3 Å². The van der Waals surface area contributed by atoms with Gasteiger partial charge >= 0.3 is 6.09 Å². The van der Waals surface area contributed by atoms with Gasteiger partial charge in [0.15, 0.2) is 0 Å². The number of carbonyl (C=O) groups is 1. The third-order valence-corrected chi connectivity index (χ3v) is 2.20. The summed E-state index contributed by atoms with van der Waals surface area (Å²) in [6, 6.07) is 3.39. The molecule has 1 heterocycles. The van der Waals surface area contributed by atoms with Gasteiger partial charge in [0.25, 0.3) is 0 Å². The fourth-order valence-corrected chi connectivity index (χ4v) is 1.49. The lowest BCUT2D eigenvalue weighted by Gasteiger charge is -2.22. The number of amides is 1. The Morgan fingerprint density at radius 1 is 1.45 bits per heavy atom. The largest absolute Gasteiger partial charge is 0.474 e. The van der Waals surface area contributed by atoms with Crippen LogP contribution in [0.2, 0.25) is 0 Å². The van der Waals surface area contributed by atoms with Crippen LogP contribution in [-0.4, -0.2) is 29.3 Å². The van der Waals surface area contributed by atoms with Gasteiger partial charge in [0.1, 0.15) is 12.7 Å². The standard InChI is InChI=1S/C14H23N3O3/c1-9-6-11(15)7-12(16-9)19-8-10(2)20-13(18)17-14(3,4)5/h6-7,10H,8H2,1-5H3,(H2,15,16)(H,17,18)/t10-/m0/s1. The number of rotatable bonds is 4. The second-order valence-electron chi connectivity index (χ2n) is 5.78. The highest BCUT2D eigenvalue weighted by atomic mass is 16.6. The molecule has 0 fully saturated rings. The van der Waals surface area contributed by atoms with E-state index in [1.54, 1.807) is 19.1 Å². The highest BCUT2D eigenvalue weighted by molar-refractivity contribution is 5.68. The van der Waals surface area contributed by atoms with Crippen LogP contribution in [0.5, 0.6) is 5.88 Å². The maximum Gasteiger partial charge on any atom is 0.407 e. The van der Waals surface area contributed by atoms with E-state index in [9.17, 15) is 4.79 Å². The van der Waals surface area contributed by atoms with Crippen molar-refractivity contribution in [1.82, 2.24) is 10.3 Å². The zero-order valence-corrected chi connectivity index (χ0v) is 12.7. The number of nitrogens with zero attached hydrogens (tertiary/aromatic N) is 1. The van der Waals surface area contributed by atoms with E-state index in [0.717, 1.165) is 5.69 Å². The molecule has 0 aromatic carbocycles. The molecular weight excluding hydrogens is 258 g/mol. The van der Waals surface area contributed by atoms with E-state index >= 15 is 0 Å². The number of carbonyl (C=O) groups excluding carboxylic acids is 1. The van der Waals surface area contributed by atoms with E-state index < -0.39 is 6.09 Å². The Bertz CT molecular complexity index is 449. The SMILES string of the molecule is Cc1cc(N)cc(OC[C@H](C)OC(=O)NC(C)(C)C)n1. The zero-order valence-electron chi connectivity index (χ0n) is 12.7. The summed E-state index contributed by atoms with van der Waals surface area (Å²) in [5.74, 6) is 0.425. The van der Waals surface area contributed by atoms with Gasteiger partial charge in [-0.2, -0.15) is 0 Å². The molecule has 1 amide bonds. The number of hydrogen-bond donors (Lipinski definition) is 2. The topological polar surface area (TPSA) is 86.5 Å². The van der Waals surface area contributed by atoms with Crippen LogP contribution in [0.4, 0.5) is 10.5 Å². The van der Waals surface area contributed by atoms with Gasteiger partial charge in [-0.25, -0.2) is 9.78 Å². The first kappa shape index (κ1) is 16.1. The second-order valence-corrected chi connectivity index (χ2v) is 5.78. The maximum absolute atomic E-state index is 11.6. The van der Waals surface area contributed by atoms with Crippen molar-refractivity contribution in [1.29, 1.82) is 0 Å². The van der Waals surface area contributed by atoms with Crippen molar-refractivity contribution in [3.8, 4) is 5.88 Å². The van der Waals surface area contributed by atoms with Crippen LogP contribution in [0.15, 0.2) is 12.1 Å². The first-order valence-corrected chi connectivity index (χ1v) is 6.51. The number of ether oxygens (including phenoxy) is 2. The molecule has 0 radical (unpaired) electrons. The van der Waals surface area contributed by atoms with Crippen LogP contribution in [0.1, 0.15) is 33.4 Å². The second kappa shape index (κ2) is 6.45. The van der Waals surface area contributed by atoms with Crippen LogP contribution in [0.25, 0.3) is 0 Å². The Morgan fingerprint density at radius 2 is 2.10 bits per heavy atom. The van der Waals surface area contributed by atoms with Crippen LogP contribution in [0, 0.1) is 6.92 Å². The molecule has 1 aromatic rings. The predicted molar refractivity (Wildman–Crippen MR) is 77.7 cm³/mol. The average molecular weight is 281 g/mol. The summed E-state index contributed by atoms with van der Waals surface area (Å²) in [6.45, 7) is 9.45. The predicted octanol–water partition coefficient (Wildman–Crippen LogP) is 2.26. The monoisotopic (exact) mass is 281 g/mol. The van der Waals surface area contributed by atoms with Gasteiger partial charge < -0.3 is 20.5 Å². The number of alkyl carbamates (subject to hydrolysis) is 1. The number of pyridine rings is 1. The van der Waals surface area contributed by atoms with E-state index in [1.165, 1.54) is 0 Å². The minimum atomic E-state index is -0.467. The molecule has 20 heavy (non-hydrogen) atoms. The fourth-order valence-electron chi connectivity index (χ4n) is 1.49. The summed E-state index contributed by atoms with van der Waals surface area (Å²) in [4.78, 5) is 15.8. The molecule has 1 rings (SSSR count). The van der Waals surface area contributed by atoms with Crippen molar-refractivity contribution in [3.63, 3.8) is 0 Å². The first-order valence-electron chi connectivity index (χ1n) is 6.51. The molecule has 0 aliphatic rings. The molecule has 6 nitrogen and oxygen atoms in total. The van der Waals surface area contributed by atoms with Crippen molar-refractivity contribution in [2.24, 2.45) is 0 Å². The maximum atomic E-state index is 11.6. The Balaban J connectivity index is 2.43. The molecule has 3 N–H and O–H groups in total. The number of nitrogens with one attached hydrogen (secondary N) is 1. The number of nitrogen functional groups attached to an aromatic ring is 1. The minimum absolute atomic E-state index is 0.216. The lowest BCUT2D eigenvalue weighted by Crippen LogP contribution is -2.42. The molecule has 6 heteroatoms. The summed E-state index contributed by atoms with van der Waals surface area (Å²) < 4.78 is 10.6. The summed E-state index contributed by atoms with van der Waals surface area (Å²) in [7, 11) is 0. The van der Waals surface area contributed by atoms with Crippen LogP contribution < -0.4 is 15.8 Å². The smallest absolute Gasteiger partial charge is 0.407 e. The van der Waals surface area contributed by atoms with Crippen molar-refractivity contribution >= 4 is 11.8 Å². The molecule has 0 aliphatic heterocycles. The normalized spacial score (nSPS) is 12.7. The lowest BCUT2D eigenvalue weighted by atomic mass is 10.1. The van der Waals surface area contributed by atoms with Crippen LogP contribution in [0.3, 0.4) is 0 Å².